The fourth-order valence-electron chi connectivity index (χ4n) is 2.64. The average molecular weight is 395 g/mol. The number of hydrogen-bond acceptors (Lipinski definition) is 4. The number of halogens is 2. The topological polar surface area (TPSA) is 33.7 Å². The molecule has 0 aliphatic heterocycles. The van der Waals surface area contributed by atoms with E-state index in [1.54, 1.807) is 18.2 Å². The molecule has 2 aromatic rings. The van der Waals surface area contributed by atoms with Gasteiger partial charge in [0.1, 0.15) is 12.4 Å². The molecule has 0 fully saturated rings. The highest BCUT2D eigenvalue weighted by molar-refractivity contribution is 6.32. The smallest absolute Gasteiger partial charge is 0.180 e. The van der Waals surface area contributed by atoms with Crippen LogP contribution in [0.1, 0.15) is 24.5 Å². The third-order valence-corrected chi connectivity index (χ3v) is 4.27. The van der Waals surface area contributed by atoms with Gasteiger partial charge in [-0.05, 0) is 64.3 Å². The Hall–Kier alpha value is -1.82. The van der Waals surface area contributed by atoms with Crippen LogP contribution in [0.2, 0.25) is 5.02 Å². The van der Waals surface area contributed by atoms with E-state index in [0.29, 0.717) is 35.2 Å². The molecule has 0 saturated heterocycles. The van der Waals surface area contributed by atoms with Crippen LogP contribution >= 0.6 is 11.6 Å². The minimum Gasteiger partial charge on any atom is -0.490 e. The first kappa shape index (κ1) is 21.5. The fourth-order valence-corrected chi connectivity index (χ4v) is 2.93. The normalized spacial score (nSPS) is 11.0. The van der Waals surface area contributed by atoms with Gasteiger partial charge >= 0.3 is 0 Å². The lowest BCUT2D eigenvalue weighted by atomic mass is 10.2. The van der Waals surface area contributed by atoms with Crippen molar-refractivity contribution in [3.63, 3.8) is 0 Å². The van der Waals surface area contributed by atoms with Crippen molar-refractivity contribution < 1.29 is 13.9 Å². The summed E-state index contributed by atoms with van der Waals surface area (Å²) >= 11 is 6.42. The molecule has 2 aromatic carbocycles. The van der Waals surface area contributed by atoms with Crippen molar-refractivity contribution in [3.8, 4) is 11.5 Å². The van der Waals surface area contributed by atoms with Gasteiger partial charge < -0.3 is 19.7 Å². The Balaban J connectivity index is 2.03. The van der Waals surface area contributed by atoms with Gasteiger partial charge in [-0.15, -0.1) is 0 Å². The van der Waals surface area contributed by atoms with Gasteiger partial charge in [-0.3, -0.25) is 0 Å². The summed E-state index contributed by atoms with van der Waals surface area (Å²) < 4.78 is 25.3. The number of nitrogens with zero attached hydrogens (tertiary/aromatic N) is 1. The SMILES string of the molecule is CCOc1cc(CNCCCN(C)C)cc(Cl)c1OCc1ccccc1F. The quantitative estimate of drug-likeness (QED) is 0.569. The maximum Gasteiger partial charge on any atom is 0.180 e. The van der Waals surface area contributed by atoms with E-state index < -0.39 is 0 Å². The minimum absolute atomic E-state index is 0.0919. The molecule has 0 atom stereocenters. The van der Waals surface area contributed by atoms with Crippen LogP contribution < -0.4 is 14.8 Å². The van der Waals surface area contributed by atoms with Crippen LogP contribution in [0.15, 0.2) is 36.4 Å². The first-order valence-corrected chi connectivity index (χ1v) is 9.56. The Morgan fingerprint density at radius 1 is 1.15 bits per heavy atom. The molecule has 0 aromatic heterocycles. The van der Waals surface area contributed by atoms with Crippen molar-refractivity contribution in [2.45, 2.75) is 26.5 Å². The molecule has 4 nitrogen and oxygen atoms in total. The monoisotopic (exact) mass is 394 g/mol. The van der Waals surface area contributed by atoms with Crippen molar-refractivity contribution >= 4 is 11.6 Å². The molecule has 0 bridgehead atoms. The van der Waals surface area contributed by atoms with Gasteiger partial charge in [-0.2, -0.15) is 0 Å². The highest BCUT2D eigenvalue weighted by atomic mass is 35.5. The lowest BCUT2D eigenvalue weighted by Crippen LogP contribution is -2.21. The highest BCUT2D eigenvalue weighted by Crippen LogP contribution is 2.37. The van der Waals surface area contributed by atoms with Crippen LogP contribution in [-0.4, -0.2) is 38.7 Å². The second kappa shape index (κ2) is 11.1. The van der Waals surface area contributed by atoms with Gasteiger partial charge in [-0.25, -0.2) is 4.39 Å². The molecule has 27 heavy (non-hydrogen) atoms. The molecule has 0 radical (unpaired) electrons. The Morgan fingerprint density at radius 3 is 2.63 bits per heavy atom. The van der Waals surface area contributed by atoms with Gasteiger partial charge in [0.05, 0.1) is 11.6 Å². The largest absolute Gasteiger partial charge is 0.490 e. The molecule has 0 aliphatic rings. The summed E-state index contributed by atoms with van der Waals surface area (Å²) in [4.78, 5) is 2.16. The van der Waals surface area contributed by atoms with Gasteiger partial charge in [0, 0.05) is 12.1 Å². The van der Waals surface area contributed by atoms with E-state index in [0.717, 1.165) is 25.1 Å². The van der Waals surface area contributed by atoms with Gasteiger partial charge in [-0.1, -0.05) is 29.8 Å². The van der Waals surface area contributed by atoms with E-state index in [1.807, 2.05) is 19.1 Å². The Labute approximate surface area is 166 Å². The molecule has 0 aliphatic carbocycles. The standard InChI is InChI=1S/C21H28ClFN2O2/c1-4-26-20-13-16(14-24-10-7-11-25(2)3)12-18(22)21(20)27-15-17-8-5-6-9-19(17)23/h5-6,8-9,12-13,24H,4,7,10-11,14-15H2,1-3H3. The second-order valence-corrected chi connectivity index (χ2v) is 6.96. The van der Waals surface area contributed by atoms with Gasteiger partial charge in [0.25, 0.3) is 0 Å². The van der Waals surface area contributed by atoms with Crippen LogP contribution in [0.4, 0.5) is 4.39 Å². The summed E-state index contributed by atoms with van der Waals surface area (Å²) in [7, 11) is 4.13. The maximum atomic E-state index is 13.8. The zero-order valence-electron chi connectivity index (χ0n) is 16.2. The van der Waals surface area contributed by atoms with E-state index in [9.17, 15) is 4.39 Å². The van der Waals surface area contributed by atoms with E-state index >= 15 is 0 Å². The summed E-state index contributed by atoms with van der Waals surface area (Å²) in [6.07, 6.45) is 1.07. The zero-order chi connectivity index (χ0) is 19.6. The zero-order valence-corrected chi connectivity index (χ0v) is 17.0. The third-order valence-electron chi connectivity index (χ3n) is 3.99. The first-order valence-electron chi connectivity index (χ1n) is 9.18. The van der Waals surface area contributed by atoms with Crippen LogP contribution in [0.25, 0.3) is 0 Å². The molecule has 0 amide bonds. The summed E-state index contributed by atoms with van der Waals surface area (Å²) in [5, 5.41) is 3.87. The molecule has 2 rings (SSSR count). The number of ether oxygens (including phenoxy) is 2. The molecule has 0 spiro atoms. The molecule has 6 heteroatoms. The van der Waals surface area contributed by atoms with Crippen molar-refractivity contribution in [1.82, 2.24) is 10.2 Å². The van der Waals surface area contributed by atoms with E-state index in [2.05, 4.69) is 24.3 Å². The van der Waals surface area contributed by atoms with Crippen molar-refractivity contribution in [1.29, 1.82) is 0 Å². The van der Waals surface area contributed by atoms with E-state index in [1.165, 1.54) is 6.07 Å². The molecular formula is C21H28ClFN2O2. The Morgan fingerprint density at radius 2 is 1.93 bits per heavy atom. The van der Waals surface area contributed by atoms with Crippen LogP contribution in [0.5, 0.6) is 11.5 Å². The average Bonchev–Trinajstić information content (AvgIpc) is 2.62. The van der Waals surface area contributed by atoms with Crippen molar-refractivity contribution in [3.05, 3.63) is 58.4 Å². The van der Waals surface area contributed by atoms with E-state index in [4.69, 9.17) is 21.1 Å². The molecule has 0 unspecified atom stereocenters. The summed E-state index contributed by atoms with van der Waals surface area (Å²) in [5.74, 6) is 0.717. The Kier molecular flexibility index (Phi) is 8.85. The molecular weight excluding hydrogens is 367 g/mol. The number of benzene rings is 2. The molecule has 1 N–H and O–H groups in total. The molecule has 148 valence electrons. The van der Waals surface area contributed by atoms with Gasteiger partial charge in [0.2, 0.25) is 0 Å². The van der Waals surface area contributed by atoms with Crippen LogP contribution in [0.3, 0.4) is 0 Å². The number of hydrogen-bond donors (Lipinski definition) is 1. The predicted octanol–water partition coefficient (Wildman–Crippen LogP) is 4.50. The van der Waals surface area contributed by atoms with Crippen molar-refractivity contribution in [2.75, 3.05) is 33.8 Å². The molecule has 0 heterocycles. The summed E-state index contributed by atoms with van der Waals surface area (Å²) in [6, 6.07) is 10.3. The number of nitrogens with one attached hydrogen (secondary N) is 1. The minimum atomic E-state index is -0.301. The Bertz CT molecular complexity index is 725. The third kappa shape index (κ3) is 7.01. The predicted molar refractivity (Wildman–Crippen MR) is 108 cm³/mol. The maximum absolute atomic E-state index is 13.8. The summed E-state index contributed by atoms with van der Waals surface area (Å²) in [5.41, 5.74) is 1.49. The van der Waals surface area contributed by atoms with Crippen LogP contribution in [-0.2, 0) is 13.2 Å². The number of rotatable bonds is 11. The fraction of sp³-hybridized carbons (Fsp3) is 0.429. The lowest BCUT2D eigenvalue weighted by molar-refractivity contribution is 0.266. The highest BCUT2D eigenvalue weighted by Gasteiger charge is 2.14. The lowest BCUT2D eigenvalue weighted by Gasteiger charge is -2.16. The van der Waals surface area contributed by atoms with Crippen molar-refractivity contribution in [2.24, 2.45) is 0 Å². The summed E-state index contributed by atoms with van der Waals surface area (Å²) in [6.45, 7) is 5.15. The second-order valence-electron chi connectivity index (χ2n) is 6.55. The van der Waals surface area contributed by atoms with Crippen LogP contribution in [0, 0.1) is 5.82 Å². The van der Waals surface area contributed by atoms with E-state index in [-0.39, 0.29) is 12.4 Å². The first-order chi connectivity index (χ1) is 13.0. The van der Waals surface area contributed by atoms with Gasteiger partial charge in [0.15, 0.2) is 11.5 Å². The molecule has 0 saturated carbocycles.